The molecule has 1 N–H and O–H groups in total. The Hall–Kier alpha value is -2.24. The second-order valence-corrected chi connectivity index (χ2v) is 18.4. The number of nitrogens with one attached hydrogen (secondary N) is 1. The maximum absolute atomic E-state index is 5.57. The predicted octanol–water partition coefficient (Wildman–Crippen LogP) is 9.29. The fourth-order valence-corrected chi connectivity index (χ4v) is 14.6. The normalized spacial score (nSPS) is 17.8. The minimum atomic E-state index is -1.89. The van der Waals surface area contributed by atoms with Gasteiger partial charge in [0.2, 0.25) is 0 Å². The maximum atomic E-state index is 5.57. The van der Waals surface area contributed by atoms with Crippen LogP contribution >= 0.6 is 0 Å². The van der Waals surface area contributed by atoms with Gasteiger partial charge in [0.25, 0.3) is 0 Å². The average Bonchev–Trinajstić information content (AvgIpc) is 3.28. The van der Waals surface area contributed by atoms with Crippen LogP contribution in [0.3, 0.4) is 0 Å². The lowest BCUT2D eigenvalue weighted by atomic mass is 9.84. The molecule has 38 heavy (non-hydrogen) atoms. The van der Waals surface area contributed by atoms with Gasteiger partial charge >= 0.3 is 0 Å². The summed E-state index contributed by atoms with van der Waals surface area (Å²) in [5, 5.41) is 5.26. The maximum Gasteiger partial charge on any atom is 0.169 e. The smallest absolute Gasteiger partial charge is 0.169 e. The van der Waals surface area contributed by atoms with E-state index >= 15 is 0 Å². The monoisotopic (exact) mass is 531 g/mol. The van der Waals surface area contributed by atoms with Crippen molar-refractivity contribution in [1.82, 2.24) is 4.23 Å². The molecule has 2 heterocycles. The third-order valence-corrected chi connectivity index (χ3v) is 16.3. The second kappa shape index (κ2) is 11.5. The molecular formula is C33H49N3OSi. The molecule has 4 nitrogen and oxygen atoms in total. The zero-order valence-electron chi connectivity index (χ0n) is 24.6. The Morgan fingerprint density at radius 3 is 2.13 bits per heavy atom. The third kappa shape index (κ3) is 5.04. The molecule has 2 aliphatic rings. The molecule has 1 saturated carbocycles. The lowest BCUT2D eigenvalue weighted by Crippen LogP contribution is -2.51. The van der Waals surface area contributed by atoms with Gasteiger partial charge < -0.3 is 19.2 Å². The van der Waals surface area contributed by atoms with E-state index in [4.69, 9.17) is 4.74 Å². The molecule has 0 spiro atoms. The van der Waals surface area contributed by atoms with Crippen molar-refractivity contribution >= 4 is 36.2 Å². The molecule has 1 aromatic heterocycles. The Labute approximate surface area is 231 Å². The minimum Gasteiger partial charge on any atom is -0.378 e. The van der Waals surface area contributed by atoms with Crippen molar-refractivity contribution < 1.29 is 4.74 Å². The van der Waals surface area contributed by atoms with Crippen LogP contribution in [0.25, 0.3) is 10.9 Å². The van der Waals surface area contributed by atoms with Gasteiger partial charge in [0, 0.05) is 41.1 Å². The van der Waals surface area contributed by atoms with Gasteiger partial charge in [-0.2, -0.15) is 0 Å². The van der Waals surface area contributed by atoms with Gasteiger partial charge in [-0.05, 0) is 77.5 Å². The first-order valence-corrected chi connectivity index (χ1v) is 17.4. The minimum absolute atomic E-state index is 0.666. The van der Waals surface area contributed by atoms with Crippen molar-refractivity contribution in [3.8, 4) is 0 Å². The van der Waals surface area contributed by atoms with Crippen LogP contribution in [0, 0.1) is 0 Å². The summed E-state index contributed by atoms with van der Waals surface area (Å²) in [5.74, 6) is 0.703. The van der Waals surface area contributed by atoms with Crippen molar-refractivity contribution in [3.63, 3.8) is 0 Å². The highest BCUT2D eigenvalue weighted by Gasteiger charge is 2.46. The molecule has 0 amide bonds. The summed E-state index contributed by atoms with van der Waals surface area (Å²) >= 11 is 0. The highest BCUT2D eigenvalue weighted by Crippen LogP contribution is 2.47. The molecule has 0 unspecified atom stereocenters. The van der Waals surface area contributed by atoms with E-state index in [2.05, 4.69) is 105 Å². The molecule has 2 aromatic carbocycles. The standard InChI is InChI=1S/C33H49N3OSi/c1-24(2)38(25(3)4,26(5)6)36-23-32(27-11-8-7-9-12-27)31-16-15-29(22-33(31)36)34-28-13-10-14-30(21-28)35-17-19-37-20-18-35/h10,13-16,21-27,34H,7-9,11-12,17-20H2,1-6H3. The fraction of sp³-hybridized carbons (Fsp3) is 0.576. The van der Waals surface area contributed by atoms with Gasteiger partial charge in [-0.3, -0.25) is 0 Å². The molecule has 0 radical (unpaired) electrons. The lowest BCUT2D eigenvalue weighted by Gasteiger charge is -2.44. The molecule has 3 aromatic rings. The van der Waals surface area contributed by atoms with E-state index in [1.165, 1.54) is 54.4 Å². The van der Waals surface area contributed by atoms with Crippen LogP contribution in [0.15, 0.2) is 48.7 Å². The topological polar surface area (TPSA) is 29.4 Å². The summed E-state index contributed by atoms with van der Waals surface area (Å²) < 4.78 is 8.41. The van der Waals surface area contributed by atoms with Gasteiger partial charge in [-0.1, -0.05) is 72.9 Å². The molecule has 5 heteroatoms. The van der Waals surface area contributed by atoms with Crippen LogP contribution in [0.4, 0.5) is 17.1 Å². The van der Waals surface area contributed by atoms with Gasteiger partial charge in [0.15, 0.2) is 8.24 Å². The van der Waals surface area contributed by atoms with Gasteiger partial charge in [-0.15, -0.1) is 0 Å². The summed E-state index contributed by atoms with van der Waals surface area (Å²) in [4.78, 5) is 2.42. The number of hydrogen-bond acceptors (Lipinski definition) is 3. The Balaban J connectivity index is 1.58. The molecule has 206 valence electrons. The summed E-state index contributed by atoms with van der Waals surface area (Å²) in [6.07, 6.45) is 9.46. The van der Waals surface area contributed by atoms with Crippen LogP contribution in [0.1, 0.15) is 85.1 Å². The molecular weight excluding hydrogens is 482 g/mol. The zero-order valence-corrected chi connectivity index (χ0v) is 25.6. The molecule has 1 saturated heterocycles. The summed E-state index contributed by atoms with van der Waals surface area (Å²) in [6.45, 7) is 18.4. The highest BCUT2D eigenvalue weighted by molar-refractivity contribution is 6.82. The summed E-state index contributed by atoms with van der Waals surface area (Å²) in [6, 6.07) is 16.1. The first-order chi connectivity index (χ1) is 18.3. The number of hydrogen-bond donors (Lipinski definition) is 1. The lowest BCUT2D eigenvalue weighted by molar-refractivity contribution is 0.122. The average molecular weight is 532 g/mol. The molecule has 0 atom stereocenters. The Morgan fingerprint density at radius 1 is 0.816 bits per heavy atom. The van der Waals surface area contributed by atoms with Crippen molar-refractivity contribution in [1.29, 1.82) is 0 Å². The molecule has 2 fully saturated rings. The molecule has 0 bridgehead atoms. The van der Waals surface area contributed by atoms with E-state index in [1.807, 2.05) is 0 Å². The van der Waals surface area contributed by atoms with Gasteiger partial charge in [0.1, 0.15) is 0 Å². The summed E-state index contributed by atoms with van der Waals surface area (Å²) in [5.41, 5.74) is 8.66. The van der Waals surface area contributed by atoms with E-state index < -0.39 is 8.24 Å². The number of rotatable bonds is 8. The Kier molecular flexibility index (Phi) is 8.25. The Morgan fingerprint density at radius 2 is 1.47 bits per heavy atom. The number of benzene rings is 2. The first-order valence-electron chi connectivity index (χ1n) is 15.2. The van der Waals surface area contributed by atoms with Crippen molar-refractivity contribution in [2.45, 2.75) is 96.2 Å². The number of nitrogens with zero attached hydrogens (tertiary/aromatic N) is 2. The van der Waals surface area contributed by atoms with Crippen LogP contribution in [-0.4, -0.2) is 38.8 Å². The van der Waals surface area contributed by atoms with Crippen LogP contribution in [-0.2, 0) is 4.74 Å². The number of morpholine rings is 1. The van der Waals surface area contributed by atoms with Crippen molar-refractivity contribution in [3.05, 3.63) is 54.2 Å². The van der Waals surface area contributed by atoms with E-state index in [0.717, 1.165) is 32.0 Å². The van der Waals surface area contributed by atoms with Crippen LogP contribution in [0.5, 0.6) is 0 Å². The quantitative estimate of drug-likeness (QED) is 0.294. The van der Waals surface area contributed by atoms with E-state index in [0.29, 0.717) is 22.5 Å². The summed E-state index contributed by atoms with van der Waals surface area (Å²) in [7, 11) is -1.89. The fourth-order valence-electron chi connectivity index (χ4n) is 7.99. The van der Waals surface area contributed by atoms with E-state index in [9.17, 15) is 0 Å². The number of aromatic nitrogens is 1. The zero-order chi connectivity index (χ0) is 26.9. The third-order valence-electron chi connectivity index (χ3n) is 9.58. The largest absolute Gasteiger partial charge is 0.378 e. The van der Waals surface area contributed by atoms with Crippen LogP contribution < -0.4 is 10.2 Å². The number of anilines is 3. The molecule has 5 rings (SSSR count). The van der Waals surface area contributed by atoms with Crippen molar-refractivity contribution in [2.75, 3.05) is 36.5 Å². The van der Waals surface area contributed by atoms with Gasteiger partial charge in [0.05, 0.1) is 13.2 Å². The molecule has 1 aliphatic carbocycles. The SMILES string of the molecule is CC(C)[Si](C(C)C)(C(C)C)n1cc(C2CCCCC2)c2ccc(Nc3cccc(N4CCOCC4)c3)cc21. The predicted molar refractivity (Wildman–Crippen MR) is 167 cm³/mol. The number of fused-ring (bicyclic) bond motifs is 1. The van der Waals surface area contributed by atoms with Crippen LogP contribution in [0.2, 0.25) is 16.6 Å². The number of ether oxygens (including phenoxy) is 1. The highest BCUT2D eigenvalue weighted by atomic mass is 28.3. The van der Waals surface area contributed by atoms with E-state index in [-0.39, 0.29) is 0 Å². The van der Waals surface area contributed by atoms with E-state index in [1.54, 1.807) is 5.56 Å². The second-order valence-electron chi connectivity index (χ2n) is 12.6. The first kappa shape index (κ1) is 27.3. The Bertz CT molecular complexity index is 1200. The van der Waals surface area contributed by atoms with Crippen molar-refractivity contribution in [2.24, 2.45) is 0 Å². The molecule has 1 aliphatic heterocycles. The van der Waals surface area contributed by atoms with Gasteiger partial charge in [-0.25, -0.2) is 0 Å².